The normalized spacial score (nSPS) is 10.4. The molecule has 1 amide bonds. The van der Waals surface area contributed by atoms with Gasteiger partial charge in [0.15, 0.2) is 0 Å². The lowest BCUT2D eigenvalue weighted by atomic mass is 10.2. The van der Waals surface area contributed by atoms with E-state index in [1.54, 1.807) is 12.1 Å². The summed E-state index contributed by atoms with van der Waals surface area (Å²) in [7, 11) is 0. The molecule has 100 valence electrons. The Morgan fingerprint density at radius 1 is 1.44 bits per heavy atom. The molecule has 3 nitrogen and oxygen atoms in total. The van der Waals surface area contributed by atoms with Crippen molar-refractivity contribution in [3.05, 3.63) is 27.3 Å². The van der Waals surface area contributed by atoms with Crippen molar-refractivity contribution in [2.45, 2.75) is 19.8 Å². The number of hydrogen-bond donors (Lipinski definition) is 1. The number of phenols is 1. The average Bonchev–Trinajstić information content (AvgIpc) is 2.37. The Kier molecular flexibility index (Phi) is 6.99. The molecule has 0 radical (unpaired) electrons. The lowest BCUT2D eigenvalue weighted by Crippen LogP contribution is -2.33. The molecule has 0 aliphatic heterocycles. The van der Waals surface area contributed by atoms with Crippen molar-refractivity contribution in [1.29, 1.82) is 0 Å². The summed E-state index contributed by atoms with van der Waals surface area (Å²) < 4.78 is 0.754. The third kappa shape index (κ3) is 4.42. The van der Waals surface area contributed by atoms with Crippen molar-refractivity contribution >= 4 is 44.4 Å². The lowest BCUT2D eigenvalue weighted by molar-refractivity contribution is 0.0764. The van der Waals surface area contributed by atoms with Crippen LogP contribution in [0.1, 0.15) is 30.1 Å². The molecule has 0 atom stereocenters. The van der Waals surface area contributed by atoms with Crippen molar-refractivity contribution in [2.24, 2.45) is 0 Å². The van der Waals surface area contributed by atoms with Gasteiger partial charge < -0.3 is 10.0 Å². The van der Waals surface area contributed by atoms with Gasteiger partial charge in [-0.05, 0) is 47.2 Å². The second kappa shape index (κ2) is 7.99. The third-order valence-electron chi connectivity index (χ3n) is 2.62. The molecule has 0 spiro atoms. The number of carbonyl (C=O) groups excluding carboxylic acids is 1. The van der Waals surface area contributed by atoms with Crippen LogP contribution in [0.4, 0.5) is 0 Å². The summed E-state index contributed by atoms with van der Waals surface area (Å²) in [5.41, 5.74) is 0.546. The Hall–Kier alpha value is -0.300. The number of hydrogen-bond acceptors (Lipinski definition) is 2. The number of rotatable bonds is 6. The maximum Gasteiger partial charge on any atom is 0.254 e. The highest BCUT2D eigenvalue weighted by Gasteiger charge is 2.15. The highest BCUT2D eigenvalue weighted by molar-refractivity contribution is 14.1. The van der Waals surface area contributed by atoms with E-state index in [-0.39, 0.29) is 11.7 Å². The van der Waals surface area contributed by atoms with Crippen LogP contribution in [0.3, 0.4) is 0 Å². The Bertz CT molecular complexity index is 412. The first kappa shape index (κ1) is 15.8. The van der Waals surface area contributed by atoms with Gasteiger partial charge in [0.05, 0.1) is 3.57 Å². The molecule has 0 aliphatic carbocycles. The van der Waals surface area contributed by atoms with Crippen molar-refractivity contribution in [3.63, 3.8) is 0 Å². The number of unbranched alkanes of at least 4 members (excludes halogenated alkanes) is 1. The molecule has 1 N–H and O–H groups in total. The summed E-state index contributed by atoms with van der Waals surface area (Å²) in [6.45, 7) is 3.55. The summed E-state index contributed by atoms with van der Waals surface area (Å²) in [6.07, 6.45) is 2.05. The van der Waals surface area contributed by atoms with Crippen LogP contribution in [0, 0.1) is 3.57 Å². The minimum Gasteiger partial charge on any atom is -0.507 e. The van der Waals surface area contributed by atoms with Gasteiger partial charge in [-0.1, -0.05) is 29.3 Å². The molecule has 0 heterocycles. The summed E-state index contributed by atoms with van der Waals surface area (Å²) in [5.74, 6) is 0.144. The Balaban J connectivity index is 2.83. The van der Waals surface area contributed by atoms with Crippen LogP contribution >= 0.6 is 38.5 Å². The van der Waals surface area contributed by atoms with E-state index in [0.29, 0.717) is 12.1 Å². The smallest absolute Gasteiger partial charge is 0.254 e. The van der Waals surface area contributed by atoms with Crippen LogP contribution in [-0.4, -0.2) is 34.3 Å². The molecule has 0 bridgehead atoms. The van der Waals surface area contributed by atoms with E-state index in [4.69, 9.17) is 0 Å². The number of alkyl halides is 1. The zero-order valence-corrected chi connectivity index (χ0v) is 14.1. The first-order valence-corrected chi connectivity index (χ1v) is 8.14. The first-order valence-electron chi connectivity index (χ1n) is 5.94. The topological polar surface area (TPSA) is 40.5 Å². The van der Waals surface area contributed by atoms with Crippen LogP contribution < -0.4 is 0 Å². The van der Waals surface area contributed by atoms with Gasteiger partial charge in [-0.2, -0.15) is 0 Å². The van der Waals surface area contributed by atoms with Crippen LogP contribution in [0.25, 0.3) is 0 Å². The fourth-order valence-corrected chi connectivity index (χ4v) is 2.36. The molecule has 0 aromatic heterocycles. The molecule has 0 unspecified atom stereocenters. The predicted octanol–water partition coefficient (Wildman–Crippen LogP) is 3.63. The molecule has 18 heavy (non-hydrogen) atoms. The maximum atomic E-state index is 12.3. The molecule has 0 fully saturated rings. The van der Waals surface area contributed by atoms with E-state index >= 15 is 0 Å². The molecule has 1 aromatic rings. The van der Waals surface area contributed by atoms with Gasteiger partial charge in [-0.3, -0.25) is 4.79 Å². The van der Waals surface area contributed by atoms with Crippen LogP contribution in [-0.2, 0) is 0 Å². The highest BCUT2D eigenvalue weighted by Crippen LogP contribution is 2.21. The van der Waals surface area contributed by atoms with E-state index in [1.165, 1.54) is 6.07 Å². The molecule has 1 rings (SSSR count). The summed E-state index contributed by atoms with van der Waals surface area (Å²) in [6, 6.07) is 5.06. The van der Waals surface area contributed by atoms with Crippen LogP contribution in [0.15, 0.2) is 18.2 Å². The second-order valence-electron chi connectivity index (χ2n) is 4.00. The monoisotopic (exact) mass is 425 g/mol. The average molecular weight is 426 g/mol. The molecular weight excluding hydrogens is 409 g/mol. The van der Waals surface area contributed by atoms with E-state index < -0.39 is 0 Å². The summed E-state index contributed by atoms with van der Waals surface area (Å²) >= 11 is 5.40. The SMILES string of the molecule is CCCCN(CCBr)C(=O)c1ccc(I)c(O)c1. The van der Waals surface area contributed by atoms with Gasteiger partial charge in [0.25, 0.3) is 5.91 Å². The van der Waals surface area contributed by atoms with Gasteiger partial charge in [-0.25, -0.2) is 0 Å². The first-order chi connectivity index (χ1) is 8.60. The molecular formula is C13H17BrINO2. The van der Waals surface area contributed by atoms with E-state index in [0.717, 1.165) is 28.3 Å². The number of nitrogens with zero attached hydrogens (tertiary/aromatic N) is 1. The van der Waals surface area contributed by atoms with Crippen LogP contribution in [0.5, 0.6) is 5.75 Å². The highest BCUT2D eigenvalue weighted by atomic mass is 127. The second-order valence-corrected chi connectivity index (χ2v) is 5.96. The van der Waals surface area contributed by atoms with Gasteiger partial charge in [-0.15, -0.1) is 0 Å². The molecule has 0 saturated carbocycles. The van der Waals surface area contributed by atoms with Gasteiger partial charge in [0.1, 0.15) is 5.75 Å². The molecule has 0 saturated heterocycles. The number of phenolic OH excluding ortho intramolecular Hbond substituents is 1. The number of aromatic hydroxyl groups is 1. The summed E-state index contributed by atoms with van der Waals surface area (Å²) in [5, 5.41) is 10.4. The molecule has 0 aliphatic rings. The zero-order valence-electron chi connectivity index (χ0n) is 10.3. The minimum atomic E-state index is -0.0189. The summed E-state index contributed by atoms with van der Waals surface area (Å²) in [4.78, 5) is 14.1. The van der Waals surface area contributed by atoms with Crippen molar-refractivity contribution in [2.75, 3.05) is 18.4 Å². The predicted molar refractivity (Wildman–Crippen MR) is 85.4 cm³/mol. The van der Waals surface area contributed by atoms with Crippen LogP contribution in [0.2, 0.25) is 0 Å². The standard InChI is InChI=1S/C13H17BrINO2/c1-2-3-7-16(8-6-14)13(18)10-4-5-11(15)12(17)9-10/h4-5,9,17H,2-3,6-8H2,1H3. The van der Waals surface area contributed by atoms with Gasteiger partial charge >= 0.3 is 0 Å². The third-order valence-corrected chi connectivity index (χ3v) is 3.88. The Morgan fingerprint density at radius 3 is 2.72 bits per heavy atom. The van der Waals surface area contributed by atoms with Gasteiger partial charge in [0, 0.05) is 24.0 Å². The molecule has 1 aromatic carbocycles. The van der Waals surface area contributed by atoms with E-state index in [9.17, 15) is 9.90 Å². The van der Waals surface area contributed by atoms with Crippen molar-refractivity contribution in [3.8, 4) is 5.75 Å². The maximum absolute atomic E-state index is 12.3. The fraction of sp³-hybridized carbons (Fsp3) is 0.462. The Morgan fingerprint density at radius 2 is 2.17 bits per heavy atom. The molecule has 5 heteroatoms. The van der Waals surface area contributed by atoms with Crippen molar-refractivity contribution in [1.82, 2.24) is 4.90 Å². The lowest BCUT2D eigenvalue weighted by Gasteiger charge is -2.21. The number of amides is 1. The largest absolute Gasteiger partial charge is 0.507 e. The minimum absolute atomic E-state index is 0.0189. The Labute approximate surface area is 130 Å². The fourth-order valence-electron chi connectivity index (χ4n) is 1.59. The zero-order chi connectivity index (χ0) is 13.5. The van der Waals surface area contributed by atoms with Crippen molar-refractivity contribution < 1.29 is 9.90 Å². The van der Waals surface area contributed by atoms with Gasteiger partial charge in [0.2, 0.25) is 0 Å². The quantitative estimate of drug-likeness (QED) is 0.558. The number of halogens is 2. The van der Waals surface area contributed by atoms with E-state index in [2.05, 4.69) is 22.9 Å². The number of benzene rings is 1. The van der Waals surface area contributed by atoms with E-state index in [1.807, 2.05) is 27.5 Å². The number of carbonyl (C=O) groups is 1.